The summed E-state index contributed by atoms with van der Waals surface area (Å²) in [5.41, 5.74) is 2.20. The Morgan fingerprint density at radius 2 is 2.08 bits per heavy atom. The highest BCUT2D eigenvalue weighted by atomic mass is 35.5. The minimum Gasteiger partial charge on any atom is -0.497 e. The molecule has 5 nitrogen and oxygen atoms in total. The van der Waals surface area contributed by atoms with Crippen molar-refractivity contribution >= 4 is 51.8 Å². The summed E-state index contributed by atoms with van der Waals surface area (Å²) in [6, 6.07) is 13.7. The highest BCUT2D eigenvalue weighted by Crippen LogP contribution is 2.34. The molecule has 0 saturated carbocycles. The lowest BCUT2D eigenvalue weighted by Crippen LogP contribution is -2.44. The van der Waals surface area contributed by atoms with Gasteiger partial charge in [-0.05, 0) is 98.8 Å². The molecular weight excluding hydrogens is 515 g/mol. The van der Waals surface area contributed by atoms with Gasteiger partial charge in [0.25, 0.3) is 0 Å². The number of halogens is 2. The first-order chi connectivity index (χ1) is 17.5. The maximum atomic E-state index is 12.1. The van der Waals surface area contributed by atoms with Gasteiger partial charge in [0, 0.05) is 23.0 Å². The first-order valence-corrected chi connectivity index (χ1v) is 14.1. The smallest absolute Gasteiger partial charge is 0.308 e. The molecule has 192 valence electrons. The summed E-state index contributed by atoms with van der Waals surface area (Å²) in [5.74, 6) is 0.958. The molecule has 3 aromatic rings. The number of thioether (sulfide) groups is 1. The van der Waals surface area contributed by atoms with Crippen molar-refractivity contribution in [3.63, 3.8) is 0 Å². The Morgan fingerprint density at radius 3 is 2.89 bits per heavy atom. The molecule has 2 heterocycles. The number of carboxylic acid groups (broad SMARTS) is 1. The van der Waals surface area contributed by atoms with Gasteiger partial charge in [0.05, 0.1) is 28.6 Å². The fraction of sp³-hybridized carbons (Fsp3) is 0.429. The number of aryl methyl sites for hydroxylation is 1. The van der Waals surface area contributed by atoms with Crippen molar-refractivity contribution in [3.8, 4) is 5.75 Å². The molecule has 1 fully saturated rings. The van der Waals surface area contributed by atoms with Gasteiger partial charge in [-0.3, -0.25) is 9.78 Å². The Morgan fingerprint density at radius 1 is 1.22 bits per heavy atom. The number of carbonyl (C=O) groups is 1. The van der Waals surface area contributed by atoms with Gasteiger partial charge < -0.3 is 14.7 Å². The lowest BCUT2D eigenvalue weighted by atomic mass is 9.81. The van der Waals surface area contributed by atoms with Crippen molar-refractivity contribution in [1.82, 2.24) is 9.88 Å². The normalized spacial score (nSPS) is 18.4. The summed E-state index contributed by atoms with van der Waals surface area (Å²) in [5, 5.41) is 12.2. The van der Waals surface area contributed by atoms with Gasteiger partial charge in [0.2, 0.25) is 0 Å². The zero-order valence-corrected chi connectivity index (χ0v) is 22.8. The Balaban J connectivity index is 1.26. The summed E-state index contributed by atoms with van der Waals surface area (Å²) in [4.78, 5) is 19.9. The highest BCUT2D eigenvalue weighted by molar-refractivity contribution is 7.99. The van der Waals surface area contributed by atoms with Crippen LogP contribution < -0.4 is 4.74 Å². The number of aliphatic carboxylic acids is 1. The van der Waals surface area contributed by atoms with Crippen molar-refractivity contribution in [2.45, 2.75) is 37.0 Å². The number of fused-ring (bicyclic) bond motifs is 1. The molecule has 1 aliphatic heterocycles. The first-order valence-electron chi connectivity index (χ1n) is 12.4. The fourth-order valence-electron chi connectivity index (χ4n) is 5.04. The van der Waals surface area contributed by atoms with Gasteiger partial charge in [-0.15, -0.1) is 11.8 Å². The lowest BCUT2D eigenvalue weighted by molar-refractivity contribution is -0.146. The first kappa shape index (κ1) is 27.1. The van der Waals surface area contributed by atoms with Crippen LogP contribution in [0.1, 0.15) is 31.2 Å². The number of aromatic nitrogens is 1. The summed E-state index contributed by atoms with van der Waals surface area (Å²) < 4.78 is 5.38. The number of ether oxygens (including phenoxy) is 1. The lowest BCUT2D eigenvalue weighted by Gasteiger charge is -2.36. The Labute approximate surface area is 227 Å². The van der Waals surface area contributed by atoms with E-state index in [-0.39, 0.29) is 11.8 Å². The Bertz CT molecular complexity index is 1190. The molecule has 1 N–H and O–H groups in total. The molecule has 1 aliphatic rings. The summed E-state index contributed by atoms with van der Waals surface area (Å²) in [6.45, 7) is 2.47. The third kappa shape index (κ3) is 6.86. The second-order valence-corrected chi connectivity index (χ2v) is 11.2. The Hall–Kier alpha value is -1.99. The van der Waals surface area contributed by atoms with E-state index in [2.05, 4.69) is 16.0 Å². The van der Waals surface area contributed by atoms with Gasteiger partial charge in [0.1, 0.15) is 5.75 Å². The van der Waals surface area contributed by atoms with E-state index < -0.39 is 5.97 Å². The number of nitrogens with zero attached hydrogens (tertiary/aromatic N) is 2. The maximum absolute atomic E-state index is 12.1. The molecule has 1 aromatic heterocycles. The fourth-order valence-corrected chi connectivity index (χ4v) is 6.47. The number of pyridine rings is 1. The molecule has 0 bridgehead atoms. The number of hydrogen-bond donors (Lipinski definition) is 1. The quantitative estimate of drug-likeness (QED) is 0.205. The van der Waals surface area contributed by atoms with Crippen LogP contribution in [-0.2, 0) is 11.2 Å². The minimum absolute atomic E-state index is 0.209. The molecule has 4 rings (SSSR count). The average Bonchev–Trinajstić information content (AvgIpc) is 2.89. The van der Waals surface area contributed by atoms with Crippen LogP contribution in [0.5, 0.6) is 5.75 Å². The number of carboxylic acids is 1. The van der Waals surface area contributed by atoms with Gasteiger partial charge in [-0.1, -0.05) is 29.3 Å². The number of benzene rings is 2. The largest absolute Gasteiger partial charge is 0.497 e. The van der Waals surface area contributed by atoms with Crippen molar-refractivity contribution in [2.24, 2.45) is 11.8 Å². The van der Waals surface area contributed by atoms with Gasteiger partial charge in [0.15, 0.2) is 0 Å². The van der Waals surface area contributed by atoms with E-state index in [0.717, 1.165) is 72.5 Å². The molecule has 0 unspecified atom stereocenters. The molecule has 0 spiro atoms. The second kappa shape index (κ2) is 13.0. The SMILES string of the molecule is COc1ccc2nccc(CCC[C@@H]3CCN(CCCSc4cccc(Cl)c4Cl)C[C@@H]3C(=O)O)c2c1. The zero-order valence-electron chi connectivity index (χ0n) is 20.5. The molecule has 1 saturated heterocycles. The van der Waals surface area contributed by atoms with Crippen LogP contribution >= 0.6 is 35.0 Å². The zero-order chi connectivity index (χ0) is 25.5. The molecular formula is C28H32Cl2N2O3S. The third-order valence-electron chi connectivity index (χ3n) is 7.01. The van der Waals surface area contributed by atoms with Crippen LogP contribution in [0.3, 0.4) is 0 Å². The highest BCUT2D eigenvalue weighted by Gasteiger charge is 2.33. The topological polar surface area (TPSA) is 62.7 Å². The molecule has 0 radical (unpaired) electrons. The maximum Gasteiger partial charge on any atom is 0.308 e. The van der Waals surface area contributed by atoms with E-state index in [0.29, 0.717) is 16.6 Å². The van der Waals surface area contributed by atoms with Crippen molar-refractivity contribution < 1.29 is 14.6 Å². The molecule has 0 amide bonds. The number of piperidine rings is 1. The third-order valence-corrected chi connectivity index (χ3v) is 9.08. The van der Waals surface area contributed by atoms with E-state index in [1.807, 2.05) is 36.5 Å². The molecule has 2 aromatic carbocycles. The van der Waals surface area contributed by atoms with Gasteiger partial charge in [-0.2, -0.15) is 0 Å². The average molecular weight is 548 g/mol. The van der Waals surface area contributed by atoms with Gasteiger partial charge >= 0.3 is 5.97 Å². The van der Waals surface area contributed by atoms with Crippen LogP contribution in [-0.4, -0.2) is 53.5 Å². The molecule has 0 aliphatic carbocycles. The van der Waals surface area contributed by atoms with Crippen LogP contribution in [0.15, 0.2) is 53.6 Å². The standard InChI is InChI=1S/C28H32Cl2N2O3S/c1-35-21-9-10-25-22(17-21)19(11-13-31-25)5-2-6-20-12-15-32(18-23(20)28(33)34)14-4-16-36-26-8-3-7-24(29)27(26)30/h3,7-11,13,17,20,23H,2,4-6,12,14-16,18H2,1H3,(H,33,34)/t20-,23+/m1/s1. The molecule has 2 atom stereocenters. The summed E-state index contributed by atoms with van der Waals surface area (Å²) >= 11 is 14.1. The number of rotatable bonds is 11. The number of methoxy groups -OCH3 is 1. The minimum atomic E-state index is -0.677. The van der Waals surface area contributed by atoms with E-state index in [4.69, 9.17) is 27.9 Å². The van der Waals surface area contributed by atoms with E-state index in [9.17, 15) is 9.90 Å². The van der Waals surface area contributed by atoms with Crippen molar-refractivity contribution in [2.75, 3.05) is 32.5 Å². The van der Waals surface area contributed by atoms with Crippen molar-refractivity contribution in [1.29, 1.82) is 0 Å². The van der Waals surface area contributed by atoms with Crippen LogP contribution in [0.2, 0.25) is 10.0 Å². The van der Waals surface area contributed by atoms with E-state index >= 15 is 0 Å². The second-order valence-electron chi connectivity index (χ2n) is 9.29. The Kier molecular flexibility index (Phi) is 9.77. The molecule has 36 heavy (non-hydrogen) atoms. The summed E-state index contributed by atoms with van der Waals surface area (Å²) in [7, 11) is 1.67. The number of hydrogen-bond acceptors (Lipinski definition) is 5. The van der Waals surface area contributed by atoms with Gasteiger partial charge in [-0.25, -0.2) is 0 Å². The van der Waals surface area contributed by atoms with Crippen molar-refractivity contribution in [3.05, 3.63) is 64.3 Å². The molecule has 8 heteroatoms. The van der Waals surface area contributed by atoms with Crippen LogP contribution in [0, 0.1) is 11.8 Å². The van der Waals surface area contributed by atoms with E-state index in [1.54, 1.807) is 24.9 Å². The van der Waals surface area contributed by atoms with Crippen LogP contribution in [0.25, 0.3) is 10.9 Å². The predicted molar refractivity (Wildman–Crippen MR) is 149 cm³/mol. The van der Waals surface area contributed by atoms with Crippen LogP contribution in [0.4, 0.5) is 0 Å². The van der Waals surface area contributed by atoms with E-state index in [1.165, 1.54) is 5.56 Å². The predicted octanol–water partition coefficient (Wildman–Crippen LogP) is 7.08. The summed E-state index contributed by atoms with van der Waals surface area (Å²) in [6.07, 6.45) is 6.53. The number of likely N-dealkylation sites (tertiary alicyclic amines) is 1. The monoisotopic (exact) mass is 546 g/mol.